The first-order valence-corrected chi connectivity index (χ1v) is 6.79. The molecule has 0 aromatic carbocycles. The van der Waals surface area contributed by atoms with Crippen LogP contribution in [0.3, 0.4) is 0 Å². The van der Waals surface area contributed by atoms with Crippen molar-refractivity contribution < 1.29 is 23.6 Å². The summed E-state index contributed by atoms with van der Waals surface area (Å²) >= 11 is 0. The number of hydrogen-bond acceptors (Lipinski definition) is 5. The smallest absolute Gasteiger partial charge is 0.263 e. The highest BCUT2D eigenvalue weighted by molar-refractivity contribution is 5.93. The maximum Gasteiger partial charge on any atom is 0.263 e. The Hall–Kier alpha value is -2.12. The molecule has 0 aliphatic carbocycles. The van der Waals surface area contributed by atoms with E-state index in [4.69, 9.17) is 14.0 Å². The average molecular weight is 294 g/mol. The number of hydroxylamine groups is 1. The topological polar surface area (TPSA) is 89.8 Å². The van der Waals surface area contributed by atoms with Crippen LogP contribution in [0.15, 0.2) is 28.9 Å². The second kappa shape index (κ2) is 8.23. The van der Waals surface area contributed by atoms with Crippen molar-refractivity contribution in [3.05, 3.63) is 30.2 Å². The second-order valence-electron chi connectivity index (χ2n) is 4.51. The molecule has 1 aliphatic heterocycles. The number of amides is 2. The predicted octanol–water partition coefficient (Wildman–Crippen LogP) is 0.983. The van der Waals surface area contributed by atoms with E-state index in [-0.39, 0.29) is 6.54 Å². The summed E-state index contributed by atoms with van der Waals surface area (Å²) in [6.07, 6.45) is 6.67. The van der Waals surface area contributed by atoms with E-state index in [0.29, 0.717) is 12.4 Å². The molecule has 1 saturated heterocycles. The van der Waals surface area contributed by atoms with Gasteiger partial charge in [0.25, 0.3) is 5.91 Å². The lowest BCUT2D eigenvalue weighted by molar-refractivity contribution is -0.200. The molecule has 114 valence electrons. The summed E-state index contributed by atoms with van der Waals surface area (Å²) in [5, 5.41) is 2.43. The minimum absolute atomic E-state index is 0.173. The summed E-state index contributed by atoms with van der Waals surface area (Å²) in [6, 6.07) is 3.43. The van der Waals surface area contributed by atoms with Gasteiger partial charge in [0.1, 0.15) is 5.76 Å². The van der Waals surface area contributed by atoms with E-state index in [0.717, 1.165) is 19.3 Å². The number of hydrogen-bond donors (Lipinski definition) is 2. The largest absolute Gasteiger partial charge is 0.465 e. The van der Waals surface area contributed by atoms with E-state index >= 15 is 0 Å². The van der Waals surface area contributed by atoms with Gasteiger partial charge in [0, 0.05) is 19.1 Å². The molecule has 2 heterocycles. The van der Waals surface area contributed by atoms with Crippen LogP contribution in [0.1, 0.15) is 25.0 Å². The molecule has 0 spiro atoms. The Kier molecular flexibility index (Phi) is 5.99. The van der Waals surface area contributed by atoms with E-state index in [1.807, 2.05) is 0 Å². The molecule has 1 aromatic rings. The SMILES string of the molecule is O=C(C=Cc1ccco1)NCC(=O)NOC1CCCCO1. The van der Waals surface area contributed by atoms with Gasteiger partial charge in [-0.3, -0.25) is 9.59 Å². The quantitative estimate of drug-likeness (QED) is 0.603. The highest BCUT2D eigenvalue weighted by atomic mass is 16.8. The maximum absolute atomic E-state index is 11.5. The van der Waals surface area contributed by atoms with Gasteiger partial charge in [-0.25, -0.2) is 10.3 Å². The second-order valence-corrected chi connectivity index (χ2v) is 4.51. The van der Waals surface area contributed by atoms with E-state index in [1.165, 1.54) is 18.4 Å². The molecule has 7 nitrogen and oxygen atoms in total. The van der Waals surface area contributed by atoms with Gasteiger partial charge in [0.2, 0.25) is 5.91 Å². The first kappa shape index (κ1) is 15.3. The molecule has 1 unspecified atom stereocenters. The van der Waals surface area contributed by atoms with Crippen LogP contribution in [0.2, 0.25) is 0 Å². The normalized spacial score (nSPS) is 18.6. The van der Waals surface area contributed by atoms with Crippen LogP contribution >= 0.6 is 0 Å². The van der Waals surface area contributed by atoms with E-state index in [2.05, 4.69) is 10.8 Å². The number of rotatable bonds is 6. The lowest BCUT2D eigenvalue weighted by atomic mass is 10.2. The van der Waals surface area contributed by atoms with Gasteiger partial charge in [-0.05, 0) is 31.1 Å². The molecular weight excluding hydrogens is 276 g/mol. The first-order chi connectivity index (χ1) is 10.2. The van der Waals surface area contributed by atoms with Crippen LogP contribution < -0.4 is 10.8 Å². The standard InChI is InChI=1S/C14H18N2O5/c17-12(7-6-11-4-3-9-19-11)15-10-13(18)16-21-14-5-1-2-8-20-14/h3-4,6-7,9,14H,1-2,5,8,10H2,(H,15,17)(H,16,18). The van der Waals surface area contributed by atoms with E-state index in [9.17, 15) is 9.59 Å². The highest BCUT2D eigenvalue weighted by Gasteiger charge is 2.15. The van der Waals surface area contributed by atoms with Crippen molar-refractivity contribution in [2.45, 2.75) is 25.6 Å². The summed E-state index contributed by atoms with van der Waals surface area (Å²) in [7, 11) is 0. The molecule has 1 atom stereocenters. The molecule has 2 N–H and O–H groups in total. The molecule has 1 aliphatic rings. The molecule has 7 heteroatoms. The maximum atomic E-state index is 11.5. The van der Waals surface area contributed by atoms with Gasteiger partial charge in [0.05, 0.1) is 12.8 Å². The van der Waals surface area contributed by atoms with E-state index < -0.39 is 18.1 Å². The van der Waals surface area contributed by atoms with Crippen molar-refractivity contribution in [3.63, 3.8) is 0 Å². The van der Waals surface area contributed by atoms with E-state index in [1.54, 1.807) is 12.1 Å². The van der Waals surface area contributed by atoms with Crippen LogP contribution in [0.5, 0.6) is 0 Å². The third-order valence-electron chi connectivity index (χ3n) is 2.81. The third-order valence-corrected chi connectivity index (χ3v) is 2.81. The Morgan fingerprint density at radius 3 is 3.05 bits per heavy atom. The summed E-state index contributed by atoms with van der Waals surface area (Å²) in [6.45, 7) is 0.461. The Balaban J connectivity index is 1.60. The van der Waals surface area contributed by atoms with Gasteiger partial charge in [-0.2, -0.15) is 0 Å². The van der Waals surface area contributed by atoms with Crippen molar-refractivity contribution in [1.29, 1.82) is 0 Å². The van der Waals surface area contributed by atoms with Gasteiger partial charge < -0.3 is 14.5 Å². The summed E-state index contributed by atoms with van der Waals surface area (Å²) in [4.78, 5) is 28.0. The molecule has 1 aromatic heterocycles. The van der Waals surface area contributed by atoms with Crippen molar-refractivity contribution in [2.75, 3.05) is 13.2 Å². The van der Waals surface area contributed by atoms with Crippen LogP contribution in [0, 0.1) is 0 Å². The highest BCUT2D eigenvalue weighted by Crippen LogP contribution is 2.12. The van der Waals surface area contributed by atoms with Crippen LogP contribution in [0.4, 0.5) is 0 Å². The molecule has 1 fully saturated rings. The monoisotopic (exact) mass is 294 g/mol. The van der Waals surface area contributed by atoms with Gasteiger partial charge in [-0.15, -0.1) is 0 Å². The van der Waals surface area contributed by atoms with Crippen LogP contribution in [-0.2, 0) is 19.2 Å². The average Bonchev–Trinajstić information content (AvgIpc) is 3.03. The zero-order valence-electron chi connectivity index (χ0n) is 11.5. The third kappa shape index (κ3) is 5.80. The lowest BCUT2D eigenvalue weighted by Gasteiger charge is -2.22. The zero-order valence-corrected chi connectivity index (χ0v) is 11.5. The Morgan fingerprint density at radius 2 is 2.33 bits per heavy atom. The molecular formula is C14H18N2O5. The fraction of sp³-hybridized carbons (Fsp3) is 0.429. The van der Waals surface area contributed by atoms with Crippen molar-refractivity contribution in [2.24, 2.45) is 0 Å². The Bertz CT molecular complexity index is 478. The minimum Gasteiger partial charge on any atom is -0.465 e. The fourth-order valence-corrected chi connectivity index (χ4v) is 1.74. The molecule has 21 heavy (non-hydrogen) atoms. The molecule has 2 rings (SSSR count). The molecule has 0 bridgehead atoms. The van der Waals surface area contributed by atoms with Gasteiger partial charge in [0.15, 0.2) is 6.29 Å². The molecule has 0 radical (unpaired) electrons. The van der Waals surface area contributed by atoms with Crippen molar-refractivity contribution in [1.82, 2.24) is 10.8 Å². The van der Waals surface area contributed by atoms with Crippen LogP contribution in [-0.4, -0.2) is 31.3 Å². The minimum atomic E-state index is -0.441. The Labute approximate surface area is 122 Å². The molecule has 0 saturated carbocycles. The Morgan fingerprint density at radius 1 is 1.43 bits per heavy atom. The number of carbonyl (C=O) groups excluding carboxylic acids is 2. The van der Waals surface area contributed by atoms with Crippen molar-refractivity contribution >= 4 is 17.9 Å². The summed E-state index contributed by atoms with van der Waals surface area (Å²) in [5.74, 6) is -0.272. The zero-order chi connectivity index (χ0) is 14.9. The van der Waals surface area contributed by atoms with Gasteiger partial charge >= 0.3 is 0 Å². The summed E-state index contributed by atoms with van der Waals surface area (Å²) in [5.41, 5.74) is 2.26. The number of carbonyl (C=O) groups is 2. The summed E-state index contributed by atoms with van der Waals surface area (Å²) < 4.78 is 10.3. The number of ether oxygens (including phenoxy) is 1. The van der Waals surface area contributed by atoms with Crippen molar-refractivity contribution in [3.8, 4) is 0 Å². The first-order valence-electron chi connectivity index (χ1n) is 6.79. The fourth-order valence-electron chi connectivity index (χ4n) is 1.74. The van der Waals surface area contributed by atoms with Crippen LogP contribution in [0.25, 0.3) is 6.08 Å². The van der Waals surface area contributed by atoms with Gasteiger partial charge in [-0.1, -0.05) is 0 Å². The molecule has 2 amide bonds. The predicted molar refractivity (Wildman–Crippen MR) is 73.6 cm³/mol. The number of furan rings is 1. The number of nitrogens with one attached hydrogen (secondary N) is 2. The lowest BCUT2D eigenvalue weighted by Crippen LogP contribution is -2.39.